The number of methoxy groups -OCH3 is 1. The second-order valence-electron chi connectivity index (χ2n) is 5.90. The monoisotopic (exact) mass is 419 g/mol. The van der Waals surface area contributed by atoms with Crippen molar-refractivity contribution >= 4 is 5.97 Å². The summed E-state index contributed by atoms with van der Waals surface area (Å²) in [7, 11) is 1.32. The first-order valence-electron chi connectivity index (χ1n) is 8.43. The van der Waals surface area contributed by atoms with Gasteiger partial charge in [-0.05, 0) is 31.0 Å². The molecule has 0 fully saturated rings. The zero-order valence-corrected chi connectivity index (χ0v) is 15.5. The number of nitrogens with two attached hydrogens (primary N) is 1. The van der Waals surface area contributed by atoms with Crippen LogP contribution in [0.4, 0.5) is 22.0 Å². The number of esters is 1. The maximum atomic E-state index is 13.8. The van der Waals surface area contributed by atoms with Crippen molar-refractivity contribution in [3.05, 3.63) is 58.4 Å². The molecule has 0 heterocycles. The van der Waals surface area contributed by atoms with Crippen LogP contribution in [-0.2, 0) is 22.6 Å². The molecular weight excluding hydrogens is 401 g/mol. The van der Waals surface area contributed by atoms with Gasteiger partial charge >= 0.3 is 5.97 Å². The van der Waals surface area contributed by atoms with Crippen molar-refractivity contribution in [2.24, 2.45) is 5.73 Å². The van der Waals surface area contributed by atoms with Crippen LogP contribution in [-0.4, -0.2) is 25.7 Å². The molecule has 0 saturated heterocycles. The molecule has 2 aromatic carbocycles. The minimum Gasteiger partial charge on any atom is -0.496 e. The van der Waals surface area contributed by atoms with Crippen molar-refractivity contribution in [3.63, 3.8) is 0 Å². The molecular formula is C19H18F5NO4. The molecule has 29 heavy (non-hydrogen) atoms. The Kier molecular flexibility index (Phi) is 7.38. The Hall–Kier alpha value is -2.88. The molecule has 0 aliphatic rings. The molecule has 0 amide bonds. The summed E-state index contributed by atoms with van der Waals surface area (Å²) in [6.45, 7) is 1.23. The fourth-order valence-electron chi connectivity index (χ4n) is 2.52. The highest BCUT2D eigenvalue weighted by Crippen LogP contribution is 2.31. The summed E-state index contributed by atoms with van der Waals surface area (Å²) in [5, 5.41) is 0. The second-order valence-corrected chi connectivity index (χ2v) is 5.90. The molecule has 1 atom stereocenters. The zero-order chi connectivity index (χ0) is 21.7. The van der Waals surface area contributed by atoms with Crippen LogP contribution in [0.1, 0.15) is 18.1 Å². The minimum absolute atomic E-state index is 0.0817. The minimum atomic E-state index is -2.28. The Morgan fingerprint density at radius 2 is 1.62 bits per heavy atom. The molecule has 2 rings (SSSR count). The van der Waals surface area contributed by atoms with Crippen LogP contribution in [0.25, 0.3) is 0 Å². The number of benzene rings is 2. The highest BCUT2D eigenvalue weighted by atomic mass is 19.2. The summed E-state index contributed by atoms with van der Waals surface area (Å²) < 4.78 is 82.0. The van der Waals surface area contributed by atoms with Gasteiger partial charge in [-0.2, -0.15) is 8.78 Å². The van der Waals surface area contributed by atoms with Crippen molar-refractivity contribution in [3.8, 4) is 11.5 Å². The predicted octanol–water partition coefficient (Wildman–Crippen LogP) is 3.40. The molecule has 158 valence electrons. The van der Waals surface area contributed by atoms with Gasteiger partial charge in [0.1, 0.15) is 18.4 Å². The van der Waals surface area contributed by atoms with Crippen molar-refractivity contribution in [2.75, 3.05) is 13.7 Å². The van der Waals surface area contributed by atoms with Gasteiger partial charge in [-0.3, -0.25) is 4.79 Å². The van der Waals surface area contributed by atoms with E-state index in [2.05, 4.69) is 0 Å². The van der Waals surface area contributed by atoms with E-state index in [0.29, 0.717) is 5.56 Å². The van der Waals surface area contributed by atoms with Crippen molar-refractivity contribution < 1.29 is 41.0 Å². The summed E-state index contributed by atoms with van der Waals surface area (Å²) >= 11 is 0. The topological polar surface area (TPSA) is 70.8 Å². The summed E-state index contributed by atoms with van der Waals surface area (Å²) in [5.41, 5.74) is 6.54. The van der Waals surface area contributed by atoms with Crippen LogP contribution in [0.3, 0.4) is 0 Å². The fraction of sp³-hybridized carbons (Fsp3) is 0.316. The lowest BCUT2D eigenvalue weighted by atomic mass is 10.0. The maximum absolute atomic E-state index is 13.8. The first-order chi connectivity index (χ1) is 13.7. The van der Waals surface area contributed by atoms with Gasteiger partial charge in [0.05, 0.1) is 13.7 Å². The maximum Gasteiger partial charge on any atom is 0.323 e. The number of carbonyl (C=O) groups excluding carboxylic acids is 1. The van der Waals surface area contributed by atoms with E-state index in [9.17, 15) is 26.7 Å². The molecule has 0 spiro atoms. The Balaban J connectivity index is 2.26. The SMILES string of the molecule is CCOC(=O)C(N)Cc1ccc(OC)c(COc2c(F)c(F)c(F)c(F)c2F)c1. The van der Waals surface area contributed by atoms with Gasteiger partial charge in [-0.25, -0.2) is 13.2 Å². The van der Waals surface area contributed by atoms with Crippen molar-refractivity contribution in [2.45, 2.75) is 26.0 Å². The van der Waals surface area contributed by atoms with Gasteiger partial charge in [0.25, 0.3) is 0 Å². The van der Waals surface area contributed by atoms with Crippen LogP contribution in [0.15, 0.2) is 18.2 Å². The van der Waals surface area contributed by atoms with E-state index < -0.39 is 53.5 Å². The Morgan fingerprint density at radius 3 is 2.17 bits per heavy atom. The Labute approximate surface area is 163 Å². The van der Waals surface area contributed by atoms with Crippen LogP contribution >= 0.6 is 0 Å². The number of halogens is 5. The second kappa shape index (κ2) is 9.55. The molecule has 2 N–H and O–H groups in total. The highest BCUT2D eigenvalue weighted by Gasteiger charge is 2.27. The lowest BCUT2D eigenvalue weighted by Gasteiger charge is -2.15. The normalized spacial score (nSPS) is 11.9. The van der Waals surface area contributed by atoms with Crippen molar-refractivity contribution in [1.82, 2.24) is 0 Å². The van der Waals surface area contributed by atoms with Gasteiger partial charge in [0.15, 0.2) is 5.75 Å². The molecule has 0 aliphatic heterocycles. The molecule has 0 aromatic heterocycles. The van der Waals surface area contributed by atoms with Gasteiger partial charge in [-0.1, -0.05) is 6.07 Å². The van der Waals surface area contributed by atoms with E-state index >= 15 is 0 Å². The Bertz CT molecular complexity index is 878. The van der Waals surface area contributed by atoms with Gasteiger partial charge in [0, 0.05) is 5.56 Å². The van der Waals surface area contributed by atoms with E-state index in [-0.39, 0.29) is 24.3 Å². The largest absolute Gasteiger partial charge is 0.496 e. The molecule has 2 aromatic rings. The smallest absolute Gasteiger partial charge is 0.323 e. The molecule has 1 unspecified atom stereocenters. The lowest BCUT2D eigenvalue weighted by Crippen LogP contribution is -2.34. The number of hydrogen-bond acceptors (Lipinski definition) is 5. The third kappa shape index (κ3) is 4.94. The quantitative estimate of drug-likeness (QED) is 0.307. The van der Waals surface area contributed by atoms with Crippen molar-refractivity contribution in [1.29, 1.82) is 0 Å². The average Bonchev–Trinajstić information content (AvgIpc) is 2.71. The zero-order valence-electron chi connectivity index (χ0n) is 15.5. The molecule has 5 nitrogen and oxygen atoms in total. The van der Waals surface area contributed by atoms with Crippen LogP contribution in [0, 0.1) is 29.1 Å². The lowest BCUT2D eigenvalue weighted by molar-refractivity contribution is -0.144. The van der Waals surface area contributed by atoms with Gasteiger partial charge < -0.3 is 19.9 Å². The molecule has 0 aliphatic carbocycles. The summed E-state index contributed by atoms with van der Waals surface area (Å²) in [6, 6.07) is 3.61. The molecule has 10 heteroatoms. The number of rotatable bonds is 8. The predicted molar refractivity (Wildman–Crippen MR) is 91.9 cm³/mol. The summed E-state index contributed by atoms with van der Waals surface area (Å²) in [6.07, 6.45) is 0.0817. The van der Waals surface area contributed by atoms with E-state index in [1.807, 2.05) is 0 Å². The van der Waals surface area contributed by atoms with Gasteiger partial charge in [0.2, 0.25) is 29.1 Å². The molecule has 0 saturated carbocycles. The van der Waals surface area contributed by atoms with Crippen LogP contribution < -0.4 is 15.2 Å². The first kappa shape index (κ1) is 22.4. The van der Waals surface area contributed by atoms with Crippen LogP contribution in [0.2, 0.25) is 0 Å². The third-order valence-corrected chi connectivity index (χ3v) is 3.93. The fourth-order valence-corrected chi connectivity index (χ4v) is 2.52. The summed E-state index contributed by atoms with van der Waals surface area (Å²) in [5.74, 6) is -12.4. The van der Waals surface area contributed by atoms with E-state index in [4.69, 9.17) is 19.9 Å². The number of ether oxygens (including phenoxy) is 3. The van der Waals surface area contributed by atoms with E-state index in [1.165, 1.54) is 19.2 Å². The number of hydrogen-bond donors (Lipinski definition) is 1. The average molecular weight is 419 g/mol. The van der Waals surface area contributed by atoms with Crippen LogP contribution in [0.5, 0.6) is 11.5 Å². The first-order valence-corrected chi connectivity index (χ1v) is 8.43. The standard InChI is InChI=1S/C19H18F5NO4/c1-3-28-19(26)11(25)7-9-4-5-12(27-2)10(6-9)8-29-18-16(23)14(21)13(20)15(22)17(18)24/h4-6,11H,3,7-8,25H2,1-2H3. The highest BCUT2D eigenvalue weighted by molar-refractivity contribution is 5.75. The van der Waals surface area contributed by atoms with E-state index in [1.54, 1.807) is 13.0 Å². The van der Waals surface area contributed by atoms with Gasteiger partial charge in [-0.15, -0.1) is 0 Å². The third-order valence-electron chi connectivity index (χ3n) is 3.93. The summed E-state index contributed by atoms with van der Waals surface area (Å²) in [4.78, 5) is 11.7. The Morgan fingerprint density at radius 1 is 1.03 bits per heavy atom. The molecule has 0 radical (unpaired) electrons. The molecule has 0 bridgehead atoms. The van der Waals surface area contributed by atoms with E-state index in [0.717, 1.165) is 0 Å². The number of carbonyl (C=O) groups is 1.